The summed E-state index contributed by atoms with van der Waals surface area (Å²) in [5.74, 6) is -1.68. The topological polar surface area (TPSA) is 105 Å². The number of nitro benzene ring substituents is 1. The molecule has 1 fully saturated rings. The lowest BCUT2D eigenvalue weighted by molar-refractivity contribution is -0.858. The summed E-state index contributed by atoms with van der Waals surface area (Å²) < 4.78 is 0. The Balaban J connectivity index is 2.08. The summed E-state index contributed by atoms with van der Waals surface area (Å²) >= 11 is 0. The van der Waals surface area contributed by atoms with Gasteiger partial charge < -0.3 is 14.9 Å². The SMILES string of the molecule is C[NH+](C)CCCN1C(=O)C(=O)C(=C(O)c2ccccc2)[C@@H]1c1ccc([N+](=O)[O-])cc1. The van der Waals surface area contributed by atoms with Crippen LogP contribution in [0.25, 0.3) is 5.76 Å². The number of amides is 1. The normalized spacial score (nSPS) is 18.2. The van der Waals surface area contributed by atoms with E-state index < -0.39 is 22.7 Å². The van der Waals surface area contributed by atoms with Crippen LogP contribution in [0.15, 0.2) is 60.2 Å². The van der Waals surface area contributed by atoms with Crippen molar-refractivity contribution in [2.75, 3.05) is 27.2 Å². The molecule has 1 amide bonds. The highest BCUT2D eigenvalue weighted by Gasteiger charge is 2.45. The Hall–Kier alpha value is -3.52. The number of carbonyl (C=O) groups excluding carboxylic acids is 2. The maximum absolute atomic E-state index is 12.9. The summed E-state index contributed by atoms with van der Waals surface area (Å²) in [6.07, 6.45) is 0.671. The van der Waals surface area contributed by atoms with Crippen molar-refractivity contribution in [3.05, 3.63) is 81.4 Å². The van der Waals surface area contributed by atoms with Crippen LogP contribution < -0.4 is 4.90 Å². The summed E-state index contributed by atoms with van der Waals surface area (Å²) in [4.78, 5) is 38.8. The van der Waals surface area contributed by atoms with Crippen LogP contribution in [-0.2, 0) is 9.59 Å². The maximum atomic E-state index is 12.9. The second kappa shape index (κ2) is 8.87. The van der Waals surface area contributed by atoms with Crippen LogP contribution in [0.2, 0.25) is 0 Å². The van der Waals surface area contributed by atoms with Crippen LogP contribution in [0.3, 0.4) is 0 Å². The van der Waals surface area contributed by atoms with E-state index in [4.69, 9.17) is 0 Å². The number of carbonyl (C=O) groups is 2. The number of non-ortho nitro benzene ring substituents is 1. The van der Waals surface area contributed by atoms with Crippen LogP contribution in [0, 0.1) is 10.1 Å². The fourth-order valence-electron chi connectivity index (χ4n) is 3.59. The fourth-order valence-corrected chi connectivity index (χ4v) is 3.59. The number of nitro groups is 1. The molecule has 1 atom stereocenters. The van der Waals surface area contributed by atoms with E-state index >= 15 is 0 Å². The molecular weight excluding hydrogens is 386 g/mol. The van der Waals surface area contributed by atoms with Crippen molar-refractivity contribution in [3.8, 4) is 0 Å². The Kier molecular flexibility index (Phi) is 6.27. The van der Waals surface area contributed by atoms with Crippen molar-refractivity contribution in [2.24, 2.45) is 0 Å². The van der Waals surface area contributed by atoms with Crippen molar-refractivity contribution >= 4 is 23.1 Å². The molecule has 1 aliphatic rings. The number of aliphatic hydroxyl groups is 1. The minimum atomic E-state index is -0.803. The largest absolute Gasteiger partial charge is 0.507 e. The Labute approximate surface area is 174 Å². The van der Waals surface area contributed by atoms with Gasteiger partial charge in [-0.1, -0.05) is 30.3 Å². The zero-order chi connectivity index (χ0) is 21.8. The lowest BCUT2D eigenvalue weighted by Gasteiger charge is -2.25. The number of likely N-dealkylation sites (tertiary alicyclic amines) is 1. The zero-order valence-electron chi connectivity index (χ0n) is 16.9. The van der Waals surface area contributed by atoms with Gasteiger partial charge in [-0.2, -0.15) is 0 Å². The number of nitrogens with one attached hydrogen (secondary N) is 1. The summed E-state index contributed by atoms with van der Waals surface area (Å²) in [5, 5.41) is 21.9. The summed E-state index contributed by atoms with van der Waals surface area (Å²) in [6.45, 7) is 1.14. The number of ketones is 1. The van der Waals surface area contributed by atoms with E-state index in [0.717, 1.165) is 6.54 Å². The average molecular weight is 410 g/mol. The highest BCUT2D eigenvalue weighted by atomic mass is 16.6. The Morgan fingerprint density at radius 2 is 1.73 bits per heavy atom. The monoisotopic (exact) mass is 410 g/mol. The van der Waals surface area contributed by atoms with E-state index in [0.29, 0.717) is 24.1 Å². The molecule has 3 rings (SSSR count). The van der Waals surface area contributed by atoms with Gasteiger partial charge >= 0.3 is 0 Å². The van der Waals surface area contributed by atoms with Gasteiger partial charge in [-0.15, -0.1) is 0 Å². The molecule has 8 heteroatoms. The highest BCUT2D eigenvalue weighted by molar-refractivity contribution is 6.46. The molecule has 0 saturated carbocycles. The molecule has 156 valence electrons. The van der Waals surface area contributed by atoms with Crippen molar-refractivity contribution in [3.63, 3.8) is 0 Å². The van der Waals surface area contributed by atoms with Gasteiger partial charge in [0.25, 0.3) is 17.4 Å². The minimum Gasteiger partial charge on any atom is -0.507 e. The maximum Gasteiger partial charge on any atom is 0.295 e. The molecule has 2 N–H and O–H groups in total. The number of quaternary nitrogens is 1. The molecule has 0 bridgehead atoms. The second-order valence-corrected chi connectivity index (χ2v) is 7.52. The third kappa shape index (κ3) is 4.23. The molecule has 0 radical (unpaired) electrons. The lowest BCUT2D eigenvalue weighted by Crippen LogP contribution is -3.05. The van der Waals surface area contributed by atoms with E-state index in [1.54, 1.807) is 30.3 Å². The van der Waals surface area contributed by atoms with Gasteiger partial charge in [-0.25, -0.2) is 0 Å². The van der Waals surface area contributed by atoms with Crippen molar-refractivity contribution in [1.29, 1.82) is 0 Å². The molecule has 1 heterocycles. The smallest absolute Gasteiger partial charge is 0.295 e. The molecule has 0 aromatic heterocycles. The van der Waals surface area contributed by atoms with E-state index in [9.17, 15) is 24.8 Å². The first kappa shape index (κ1) is 21.2. The number of benzene rings is 2. The van der Waals surface area contributed by atoms with Crippen molar-refractivity contribution in [1.82, 2.24) is 4.90 Å². The number of hydrogen-bond donors (Lipinski definition) is 2. The van der Waals surface area contributed by atoms with E-state index in [-0.39, 0.29) is 17.0 Å². The number of hydrogen-bond acceptors (Lipinski definition) is 5. The predicted octanol–water partition coefficient (Wildman–Crippen LogP) is 1.55. The summed E-state index contributed by atoms with van der Waals surface area (Å²) in [5.41, 5.74) is 0.877. The Morgan fingerprint density at radius 3 is 2.30 bits per heavy atom. The van der Waals surface area contributed by atoms with Crippen LogP contribution >= 0.6 is 0 Å². The number of Topliss-reactive ketones (excluding diaryl/α,β-unsaturated/α-hetero) is 1. The fraction of sp³-hybridized carbons (Fsp3) is 0.273. The average Bonchev–Trinajstić information content (AvgIpc) is 2.98. The molecular formula is C22H24N3O5+. The molecule has 1 aliphatic heterocycles. The number of nitrogens with zero attached hydrogens (tertiary/aromatic N) is 2. The second-order valence-electron chi connectivity index (χ2n) is 7.52. The molecule has 2 aromatic carbocycles. The van der Waals surface area contributed by atoms with Gasteiger partial charge in [-0.3, -0.25) is 19.7 Å². The molecule has 0 unspecified atom stereocenters. The molecule has 0 spiro atoms. The molecule has 2 aromatic rings. The number of rotatable bonds is 7. The van der Waals surface area contributed by atoms with Crippen LogP contribution in [0.5, 0.6) is 0 Å². The Morgan fingerprint density at radius 1 is 1.10 bits per heavy atom. The molecule has 8 nitrogen and oxygen atoms in total. The lowest BCUT2D eigenvalue weighted by atomic mass is 9.95. The third-order valence-corrected chi connectivity index (χ3v) is 5.08. The van der Waals surface area contributed by atoms with Gasteiger partial charge in [-0.05, 0) is 17.7 Å². The van der Waals surface area contributed by atoms with Gasteiger partial charge in [0.15, 0.2) is 0 Å². The predicted molar refractivity (Wildman–Crippen MR) is 111 cm³/mol. The first-order valence-electron chi connectivity index (χ1n) is 9.68. The Bertz CT molecular complexity index is 984. The minimum absolute atomic E-state index is 0.00254. The van der Waals surface area contributed by atoms with Gasteiger partial charge in [0.2, 0.25) is 0 Å². The van der Waals surface area contributed by atoms with Gasteiger partial charge in [0.05, 0.1) is 37.2 Å². The number of aliphatic hydroxyl groups excluding tert-OH is 1. The standard InChI is InChI=1S/C22H23N3O5/c1-23(2)13-6-14-24-19(15-9-11-17(12-10-15)25(29)30)18(21(27)22(24)28)20(26)16-7-4-3-5-8-16/h3-5,7-12,19,26H,6,13-14H2,1-2H3/p+1/t19-/m0/s1. The third-order valence-electron chi connectivity index (χ3n) is 5.08. The molecule has 0 aliphatic carbocycles. The van der Waals surface area contributed by atoms with Crippen LogP contribution in [0.4, 0.5) is 5.69 Å². The van der Waals surface area contributed by atoms with E-state index in [2.05, 4.69) is 0 Å². The quantitative estimate of drug-likeness (QED) is 0.237. The first-order chi connectivity index (χ1) is 14.3. The van der Waals surface area contributed by atoms with Gasteiger partial charge in [0.1, 0.15) is 5.76 Å². The highest BCUT2D eigenvalue weighted by Crippen LogP contribution is 2.39. The van der Waals surface area contributed by atoms with Crippen molar-refractivity contribution in [2.45, 2.75) is 12.5 Å². The first-order valence-corrected chi connectivity index (χ1v) is 9.68. The van der Waals surface area contributed by atoms with Crippen LogP contribution in [0.1, 0.15) is 23.6 Å². The van der Waals surface area contributed by atoms with Gasteiger partial charge in [0, 0.05) is 30.7 Å². The summed E-state index contributed by atoms with van der Waals surface area (Å²) in [6, 6.07) is 13.5. The zero-order valence-corrected chi connectivity index (χ0v) is 16.9. The van der Waals surface area contributed by atoms with E-state index in [1.807, 2.05) is 14.1 Å². The molecule has 30 heavy (non-hydrogen) atoms. The van der Waals surface area contributed by atoms with Crippen LogP contribution in [-0.4, -0.2) is 53.8 Å². The molecule has 1 saturated heterocycles. The van der Waals surface area contributed by atoms with E-state index in [1.165, 1.54) is 34.1 Å². The van der Waals surface area contributed by atoms with Crippen molar-refractivity contribution < 1.29 is 24.5 Å². The summed E-state index contributed by atoms with van der Waals surface area (Å²) in [7, 11) is 3.99.